The summed E-state index contributed by atoms with van der Waals surface area (Å²) >= 11 is 0. The van der Waals surface area contributed by atoms with E-state index in [1.54, 1.807) is 0 Å². The third kappa shape index (κ3) is 1.77. The average molecular weight is 214 g/mol. The highest BCUT2D eigenvalue weighted by molar-refractivity contribution is 5.48. The van der Waals surface area contributed by atoms with Gasteiger partial charge in [0, 0.05) is 0 Å². The second kappa shape index (κ2) is 3.84. The molecule has 80 valence electrons. The fourth-order valence-electron chi connectivity index (χ4n) is 1.14. The first-order chi connectivity index (χ1) is 7.22. The van der Waals surface area contributed by atoms with Crippen molar-refractivity contribution in [3.8, 4) is 0 Å². The molecule has 0 N–H and O–H groups in total. The molecule has 1 heterocycles. The van der Waals surface area contributed by atoms with Crippen LogP contribution in [-0.4, -0.2) is 12.3 Å². The van der Waals surface area contributed by atoms with Gasteiger partial charge in [-0.15, -0.1) is 10.2 Å². The first-order valence-corrected chi connectivity index (χ1v) is 4.15. The molecule has 0 fully saturated rings. The van der Waals surface area contributed by atoms with E-state index >= 15 is 0 Å². The number of hydroxylamine groups is 3. The number of anilines is 1. The number of hydrogen-bond donors (Lipinski definition) is 0. The SMILES string of the molecule is CON1C=CN(c2cccc(F)c2F)O1. The van der Waals surface area contributed by atoms with Crippen molar-refractivity contribution in [1.29, 1.82) is 0 Å². The lowest BCUT2D eigenvalue weighted by atomic mass is 10.3. The Morgan fingerprint density at radius 1 is 1.27 bits per heavy atom. The molecule has 2 rings (SSSR count). The maximum absolute atomic E-state index is 13.3. The zero-order chi connectivity index (χ0) is 10.8. The van der Waals surface area contributed by atoms with E-state index < -0.39 is 11.6 Å². The highest BCUT2D eigenvalue weighted by Crippen LogP contribution is 2.25. The highest BCUT2D eigenvalue weighted by atomic mass is 19.2. The summed E-state index contributed by atoms with van der Waals surface area (Å²) in [4.78, 5) is 9.66. The van der Waals surface area contributed by atoms with Crippen LogP contribution in [0.15, 0.2) is 30.6 Å². The molecule has 0 aliphatic carbocycles. The van der Waals surface area contributed by atoms with Crippen LogP contribution in [0, 0.1) is 11.6 Å². The molecule has 1 aromatic rings. The Bertz CT molecular complexity index is 398. The van der Waals surface area contributed by atoms with Crippen molar-refractivity contribution in [3.05, 3.63) is 42.2 Å². The first-order valence-electron chi connectivity index (χ1n) is 4.15. The molecular weight excluding hydrogens is 206 g/mol. The zero-order valence-electron chi connectivity index (χ0n) is 7.85. The smallest absolute Gasteiger partial charge is 0.184 e. The summed E-state index contributed by atoms with van der Waals surface area (Å²) < 4.78 is 26.2. The Kier molecular flexibility index (Phi) is 2.53. The molecule has 1 aliphatic heterocycles. The van der Waals surface area contributed by atoms with Gasteiger partial charge in [0.25, 0.3) is 0 Å². The Morgan fingerprint density at radius 2 is 2.07 bits per heavy atom. The van der Waals surface area contributed by atoms with E-state index in [1.165, 1.54) is 31.6 Å². The van der Waals surface area contributed by atoms with Crippen molar-refractivity contribution in [2.75, 3.05) is 12.2 Å². The standard InChI is InChI=1S/C9H8F2N2O2/c1-14-13-6-5-12(15-13)8-4-2-3-7(10)9(8)11/h2-6H,1H3. The first kappa shape index (κ1) is 9.88. The van der Waals surface area contributed by atoms with E-state index in [1.807, 2.05) is 0 Å². The van der Waals surface area contributed by atoms with Crippen molar-refractivity contribution in [1.82, 2.24) is 5.23 Å². The predicted octanol–water partition coefficient (Wildman–Crippen LogP) is 1.97. The molecule has 0 bridgehead atoms. The van der Waals surface area contributed by atoms with Gasteiger partial charge in [0.05, 0.1) is 19.5 Å². The molecule has 0 saturated heterocycles. The number of hydrogen-bond acceptors (Lipinski definition) is 4. The van der Waals surface area contributed by atoms with Crippen LogP contribution in [-0.2, 0) is 9.78 Å². The predicted molar refractivity (Wildman–Crippen MR) is 47.9 cm³/mol. The Labute approximate surface area is 84.8 Å². The van der Waals surface area contributed by atoms with Gasteiger partial charge >= 0.3 is 0 Å². The molecule has 1 aromatic carbocycles. The molecule has 1 aliphatic rings. The van der Waals surface area contributed by atoms with E-state index in [-0.39, 0.29) is 5.69 Å². The molecule has 0 spiro atoms. The summed E-state index contributed by atoms with van der Waals surface area (Å²) in [7, 11) is 1.38. The summed E-state index contributed by atoms with van der Waals surface area (Å²) in [5, 5.41) is 2.06. The third-order valence-corrected chi connectivity index (χ3v) is 1.84. The molecule has 0 unspecified atom stereocenters. The van der Waals surface area contributed by atoms with Crippen LogP contribution < -0.4 is 5.06 Å². The zero-order valence-corrected chi connectivity index (χ0v) is 7.85. The molecule has 0 saturated carbocycles. The van der Waals surface area contributed by atoms with Crippen molar-refractivity contribution >= 4 is 5.69 Å². The lowest BCUT2D eigenvalue weighted by Crippen LogP contribution is -2.21. The summed E-state index contributed by atoms with van der Waals surface area (Å²) in [5.74, 6) is -1.90. The monoisotopic (exact) mass is 214 g/mol. The van der Waals surface area contributed by atoms with Crippen LogP contribution in [0.4, 0.5) is 14.5 Å². The van der Waals surface area contributed by atoms with E-state index in [9.17, 15) is 8.78 Å². The molecular formula is C9H8F2N2O2. The van der Waals surface area contributed by atoms with Gasteiger partial charge in [0.15, 0.2) is 11.6 Å². The molecule has 6 heteroatoms. The Morgan fingerprint density at radius 3 is 2.73 bits per heavy atom. The van der Waals surface area contributed by atoms with Crippen molar-refractivity contribution < 1.29 is 18.6 Å². The average Bonchev–Trinajstić information content (AvgIpc) is 2.70. The molecule has 4 nitrogen and oxygen atoms in total. The maximum atomic E-state index is 13.3. The molecule has 0 radical (unpaired) electrons. The van der Waals surface area contributed by atoms with Gasteiger partial charge in [-0.3, -0.25) is 4.84 Å². The molecule has 0 atom stereocenters. The van der Waals surface area contributed by atoms with Crippen molar-refractivity contribution in [3.63, 3.8) is 0 Å². The molecule has 0 aromatic heterocycles. The van der Waals surface area contributed by atoms with Gasteiger partial charge in [-0.2, -0.15) is 5.06 Å². The minimum Gasteiger partial charge on any atom is -0.251 e. The minimum absolute atomic E-state index is 0.0224. The number of nitrogens with zero attached hydrogens (tertiary/aromatic N) is 2. The summed E-state index contributed by atoms with van der Waals surface area (Å²) in [6, 6.07) is 3.81. The van der Waals surface area contributed by atoms with Gasteiger partial charge in [-0.25, -0.2) is 8.78 Å². The minimum atomic E-state index is -0.972. The van der Waals surface area contributed by atoms with E-state index in [0.717, 1.165) is 16.4 Å². The third-order valence-electron chi connectivity index (χ3n) is 1.84. The lowest BCUT2D eigenvalue weighted by molar-refractivity contribution is -0.312. The molecule has 0 amide bonds. The number of rotatable bonds is 2. The highest BCUT2D eigenvalue weighted by Gasteiger charge is 2.20. The fraction of sp³-hybridized carbons (Fsp3) is 0.111. The topological polar surface area (TPSA) is 24.9 Å². The second-order valence-corrected chi connectivity index (χ2v) is 2.75. The number of benzene rings is 1. The van der Waals surface area contributed by atoms with Gasteiger partial charge in [-0.1, -0.05) is 6.07 Å². The van der Waals surface area contributed by atoms with Gasteiger partial charge in [-0.05, 0) is 12.1 Å². The summed E-state index contributed by atoms with van der Waals surface area (Å²) in [5.41, 5.74) is -0.0224. The van der Waals surface area contributed by atoms with Gasteiger partial charge in [0.2, 0.25) is 0 Å². The van der Waals surface area contributed by atoms with Crippen molar-refractivity contribution in [2.45, 2.75) is 0 Å². The Hall–Kier alpha value is -1.66. The van der Waals surface area contributed by atoms with Crippen molar-refractivity contribution in [2.24, 2.45) is 0 Å². The van der Waals surface area contributed by atoms with Crippen LogP contribution >= 0.6 is 0 Å². The fourth-order valence-corrected chi connectivity index (χ4v) is 1.14. The van der Waals surface area contributed by atoms with E-state index in [0.29, 0.717) is 0 Å². The van der Waals surface area contributed by atoms with E-state index in [4.69, 9.17) is 9.78 Å². The van der Waals surface area contributed by atoms with E-state index in [2.05, 4.69) is 0 Å². The largest absolute Gasteiger partial charge is 0.251 e. The molecule has 15 heavy (non-hydrogen) atoms. The van der Waals surface area contributed by atoms with Crippen LogP contribution in [0.5, 0.6) is 0 Å². The summed E-state index contributed by atoms with van der Waals surface area (Å²) in [6.07, 6.45) is 2.83. The van der Waals surface area contributed by atoms with Crippen LogP contribution in [0.2, 0.25) is 0 Å². The normalized spacial score (nSPS) is 15.1. The Balaban J connectivity index is 2.25. The summed E-state index contributed by atoms with van der Waals surface area (Å²) in [6.45, 7) is 0. The maximum Gasteiger partial charge on any atom is 0.184 e. The number of halogens is 2. The second-order valence-electron chi connectivity index (χ2n) is 2.75. The van der Waals surface area contributed by atoms with Gasteiger partial charge < -0.3 is 0 Å². The lowest BCUT2D eigenvalue weighted by Gasteiger charge is -2.17. The van der Waals surface area contributed by atoms with Crippen LogP contribution in [0.25, 0.3) is 0 Å². The van der Waals surface area contributed by atoms with Gasteiger partial charge in [0.1, 0.15) is 5.69 Å². The van der Waals surface area contributed by atoms with Crippen LogP contribution in [0.3, 0.4) is 0 Å². The van der Waals surface area contributed by atoms with Crippen LogP contribution in [0.1, 0.15) is 0 Å². The quantitative estimate of drug-likeness (QED) is 0.751.